The molecule has 0 bridgehead atoms. The van der Waals surface area contributed by atoms with Gasteiger partial charge in [-0.1, -0.05) is 44.5 Å². The molecular formula is C25H29N3O3S2. The van der Waals surface area contributed by atoms with Crippen molar-refractivity contribution in [2.75, 3.05) is 11.9 Å². The monoisotopic (exact) mass is 483 g/mol. The molecule has 1 fully saturated rings. The minimum atomic E-state index is -3.56. The van der Waals surface area contributed by atoms with E-state index >= 15 is 0 Å². The summed E-state index contributed by atoms with van der Waals surface area (Å²) in [5, 5.41) is 5.23. The minimum absolute atomic E-state index is 0.00704. The molecule has 2 aromatic carbocycles. The minimum Gasteiger partial charge on any atom is -0.298 e. The number of amides is 1. The molecule has 0 radical (unpaired) electrons. The highest BCUT2D eigenvalue weighted by Crippen LogP contribution is 2.28. The Bertz CT molecular complexity index is 1220. The molecule has 1 aliphatic rings. The molecule has 0 aliphatic carbocycles. The first-order valence-corrected chi connectivity index (χ1v) is 13.6. The van der Waals surface area contributed by atoms with Crippen LogP contribution in [0.4, 0.5) is 5.13 Å². The molecule has 1 unspecified atom stereocenters. The van der Waals surface area contributed by atoms with E-state index in [1.165, 1.54) is 29.0 Å². The third-order valence-corrected chi connectivity index (χ3v) is 8.85. The van der Waals surface area contributed by atoms with Crippen LogP contribution in [0.15, 0.2) is 58.8 Å². The lowest BCUT2D eigenvalue weighted by atomic mass is 10.0. The van der Waals surface area contributed by atoms with Gasteiger partial charge < -0.3 is 0 Å². The van der Waals surface area contributed by atoms with E-state index in [0.717, 1.165) is 30.5 Å². The van der Waals surface area contributed by atoms with Crippen LogP contribution < -0.4 is 5.32 Å². The van der Waals surface area contributed by atoms with Gasteiger partial charge in [0.2, 0.25) is 10.0 Å². The van der Waals surface area contributed by atoms with Crippen LogP contribution in [0.2, 0.25) is 0 Å². The zero-order valence-electron chi connectivity index (χ0n) is 19.1. The van der Waals surface area contributed by atoms with E-state index in [1.807, 2.05) is 24.4 Å². The molecule has 0 spiro atoms. The molecule has 174 valence electrons. The predicted molar refractivity (Wildman–Crippen MR) is 133 cm³/mol. The number of anilines is 1. The van der Waals surface area contributed by atoms with Crippen LogP contribution in [0.1, 0.15) is 61.9 Å². The summed E-state index contributed by atoms with van der Waals surface area (Å²) >= 11 is 1.36. The number of benzene rings is 2. The maximum atomic E-state index is 13.0. The lowest BCUT2D eigenvalue weighted by Gasteiger charge is -2.32. The number of hydrogen-bond donors (Lipinski definition) is 1. The molecule has 1 aromatic heterocycles. The molecule has 1 N–H and O–H groups in total. The number of aromatic nitrogens is 1. The van der Waals surface area contributed by atoms with Gasteiger partial charge in [0.25, 0.3) is 5.91 Å². The molecule has 3 aromatic rings. The second-order valence-corrected chi connectivity index (χ2v) is 11.5. The second-order valence-electron chi connectivity index (χ2n) is 8.75. The largest absolute Gasteiger partial charge is 0.298 e. The van der Waals surface area contributed by atoms with Gasteiger partial charge in [-0.05, 0) is 55.5 Å². The zero-order chi connectivity index (χ0) is 23.6. The lowest BCUT2D eigenvalue weighted by Crippen LogP contribution is -2.41. The quantitative estimate of drug-likeness (QED) is 0.484. The molecule has 1 saturated heterocycles. The Morgan fingerprint density at radius 2 is 1.79 bits per heavy atom. The van der Waals surface area contributed by atoms with Gasteiger partial charge in [0.1, 0.15) is 0 Å². The maximum Gasteiger partial charge on any atom is 0.257 e. The van der Waals surface area contributed by atoms with Crippen LogP contribution in [0.25, 0.3) is 11.3 Å². The van der Waals surface area contributed by atoms with Gasteiger partial charge in [0.15, 0.2) is 5.13 Å². The van der Waals surface area contributed by atoms with Crippen molar-refractivity contribution >= 4 is 32.4 Å². The number of carbonyl (C=O) groups is 1. The summed E-state index contributed by atoms with van der Waals surface area (Å²) in [4.78, 5) is 17.4. The molecule has 33 heavy (non-hydrogen) atoms. The Morgan fingerprint density at radius 1 is 1.09 bits per heavy atom. The number of piperidine rings is 1. The maximum absolute atomic E-state index is 13.0. The van der Waals surface area contributed by atoms with Gasteiger partial charge in [-0.15, -0.1) is 11.3 Å². The summed E-state index contributed by atoms with van der Waals surface area (Å²) in [7, 11) is -3.56. The van der Waals surface area contributed by atoms with Crippen molar-refractivity contribution in [3.8, 4) is 11.3 Å². The fourth-order valence-electron chi connectivity index (χ4n) is 4.01. The Hall–Kier alpha value is -2.55. The van der Waals surface area contributed by atoms with Crippen molar-refractivity contribution in [3.63, 3.8) is 0 Å². The average molecular weight is 484 g/mol. The lowest BCUT2D eigenvalue weighted by molar-refractivity contribution is 0.102. The Labute approximate surface area is 199 Å². The first-order valence-electron chi connectivity index (χ1n) is 11.2. The number of nitrogens with zero attached hydrogens (tertiary/aromatic N) is 2. The number of rotatable bonds is 6. The van der Waals surface area contributed by atoms with Gasteiger partial charge in [0.05, 0.1) is 10.6 Å². The van der Waals surface area contributed by atoms with Gasteiger partial charge in [0, 0.05) is 29.1 Å². The van der Waals surface area contributed by atoms with Crippen LogP contribution in [0.5, 0.6) is 0 Å². The van der Waals surface area contributed by atoms with E-state index in [2.05, 4.69) is 36.3 Å². The van der Waals surface area contributed by atoms with Crippen molar-refractivity contribution in [2.24, 2.45) is 0 Å². The summed E-state index contributed by atoms with van der Waals surface area (Å²) < 4.78 is 27.5. The molecule has 2 heterocycles. The zero-order valence-corrected chi connectivity index (χ0v) is 20.7. The normalized spacial score (nSPS) is 17.3. The van der Waals surface area contributed by atoms with Crippen molar-refractivity contribution in [2.45, 2.75) is 56.9 Å². The molecule has 1 atom stereocenters. The standard InChI is InChI=1S/C25H29N3O3S2/c1-17(2)19-7-9-20(10-8-19)23-16-32-25(26-23)27-24(29)21-11-13-22(14-12-21)33(30,31)28-15-5-4-6-18(28)3/h7-14,16-18H,4-6,15H2,1-3H3,(H,26,27,29). The van der Waals surface area contributed by atoms with E-state index in [0.29, 0.717) is 23.2 Å². The molecule has 1 amide bonds. The van der Waals surface area contributed by atoms with Crippen LogP contribution in [0, 0.1) is 0 Å². The average Bonchev–Trinajstić information content (AvgIpc) is 3.28. The third kappa shape index (κ3) is 5.18. The first-order chi connectivity index (χ1) is 15.8. The number of hydrogen-bond acceptors (Lipinski definition) is 5. The highest BCUT2D eigenvalue weighted by Gasteiger charge is 2.30. The van der Waals surface area contributed by atoms with Gasteiger partial charge >= 0.3 is 0 Å². The Balaban J connectivity index is 1.44. The Kier molecular flexibility index (Phi) is 6.97. The summed E-state index contributed by atoms with van der Waals surface area (Å²) in [6.07, 6.45) is 2.80. The topological polar surface area (TPSA) is 79.4 Å². The smallest absolute Gasteiger partial charge is 0.257 e. The van der Waals surface area contributed by atoms with E-state index in [-0.39, 0.29) is 16.8 Å². The van der Waals surface area contributed by atoms with Crippen LogP contribution in [-0.4, -0.2) is 36.2 Å². The van der Waals surface area contributed by atoms with Crippen molar-refractivity contribution < 1.29 is 13.2 Å². The highest BCUT2D eigenvalue weighted by molar-refractivity contribution is 7.89. The molecule has 4 rings (SSSR count). The van der Waals surface area contributed by atoms with E-state index in [1.54, 1.807) is 16.4 Å². The van der Waals surface area contributed by atoms with Gasteiger partial charge in [-0.3, -0.25) is 10.1 Å². The van der Waals surface area contributed by atoms with Crippen molar-refractivity contribution in [3.05, 3.63) is 65.0 Å². The third-order valence-electron chi connectivity index (χ3n) is 6.06. The highest BCUT2D eigenvalue weighted by atomic mass is 32.2. The van der Waals surface area contributed by atoms with Crippen molar-refractivity contribution in [1.29, 1.82) is 0 Å². The van der Waals surface area contributed by atoms with Crippen LogP contribution >= 0.6 is 11.3 Å². The SMILES string of the molecule is CC(C)c1ccc(-c2csc(NC(=O)c3ccc(S(=O)(=O)N4CCCCC4C)cc3)n2)cc1. The van der Waals surface area contributed by atoms with Crippen molar-refractivity contribution in [1.82, 2.24) is 9.29 Å². The van der Waals surface area contributed by atoms with E-state index < -0.39 is 10.0 Å². The van der Waals surface area contributed by atoms with Gasteiger partial charge in [-0.25, -0.2) is 13.4 Å². The second kappa shape index (κ2) is 9.75. The van der Waals surface area contributed by atoms with Crippen LogP contribution in [-0.2, 0) is 10.0 Å². The fourth-order valence-corrected chi connectivity index (χ4v) is 6.43. The predicted octanol–water partition coefficient (Wildman–Crippen LogP) is 5.75. The van der Waals surface area contributed by atoms with Gasteiger partial charge in [-0.2, -0.15) is 4.31 Å². The molecule has 0 saturated carbocycles. The number of nitrogens with one attached hydrogen (secondary N) is 1. The van der Waals surface area contributed by atoms with E-state index in [4.69, 9.17) is 0 Å². The molecule has 1 aliphatic heterocycles. The summed E-state index contributed by atoms with van der Waals surface area (Å²) in [6.45, 7) is 6.79. The first kappa shape index (κ1) is 23.6. The summed E-state index contributed by atoms with van der Waals surface area (Å²) in [6, 6.07) is 14.4. The number of sulfonamides is 1. The van der Waals surface area contributed by atoms with Crippen LogP contribution in [0.3, 0.4) is 0 Å². The van der Waals surface area contributed by atoms with E-state index in [9.17, 15) is 13.2 Å². The molecule has 6 nitrogen and oxygen atoms in total. The summed E-state index contributed by atoms with van der Waals surface area (Å²) in [5.74, 6) is 0.148. The number of thiazole rings is 1. The number of carbonyl (C=O) groups excluding carboxylic acids is 1. The molecular weight excluding hydrogens is 454 g/mol. The fraction of sp³-hybridized carbons (Fsp3) is 0.360. The molecule has 8 heteroatoms. The Morgan fingerprint density at radius 3 is 2.42 bits per heavy atom. The summed E-state index contributed by atoms with van der Waals surface area (Å²) in [5.41, 5.74) is 3.46.